The molecule has 5 nitrogen and oxygen atoms in total. The van der Waals surface area contributed by atoms with Crippen LogP contribution in [0.15, 0.2) is 36.8 Å². The summed E-state index contributed by atoms with van der Waals surface area (Å²) in [5, 5.41) is 7.38. The predicted molar refractivity (Wildman–Crippen MR) is 57.6 cm³/mol. The summed E-state index contributed by atoms with van der Waals surface area (Å²) in [7, 11) is 0. The Morgan fingerprint density at radius 2 is 1.94 bits per heavy atom. The van der Waals surface area contributed by atoms with Crippen LogP contribution in [0.3, 0.4) is 0 Å². The van der Waals surface area contributed by atoms with E-state index in [1.807, 2.05) is 12.1 Å². The van der Waals surface area contributed by atoms with E-state index >= 15 is 0 Å². The molecule has 0 spiro atoms. The number of carbonyl (C=O) groups is 1. The number of amides is 1. The number of hydrogen-bond acceptors (Lipinski definition) is 4. The minimum Gasteiger partial charge on any atom is -0.364 e. The minimum absolute atomic E-state index is 0.222. The van der Waals surface area contributed by atoms with Crippen molar-refractivity contribution in [3.05, 3.63) is 53.6 Å². The van der Waals surface area contributed by atoms with Crippen molar-refractivity contribution in [1.82, 2.24) is 15.2 Å². The number of pyridine rings is 1. The highest BCUT2D eigenvalue weighted by Gasteiger charge is 2.09. The molecule has 0 aromatic carbocycles. The molecule has 80 valence electrons. The largest absolute Gasteiger partial charge is 0.364 e. The van der Waals surface area contributed by atoms with E-state index in [9.17, 15) is 4.79 Å². The molecule has 0 saturated heterocycles. The van der Waals surface area contributed by atoms with Crippen LogP contribution in [-0.4, -0.2) is 21.1 Å². The second-order valence-electron chi connectivity index (χ2n) is 3.30. The van der Waals surface area contributed by atoms with Crippen molar-refractivity contribution in [2.45, 2.75) is 6.42 Å². The Kier molecular flexibility index (Phi) is 2.86. The molecule has 0 fully saturated rings. The van der Waals surface area contributed by atoms with Crippen LogP contribution in [0, 0.1) is 0 Å². The maximum absolute atomic E-state index is 11.1. The third-order valence-corrected chi connectivity index (χ3v) is 2.18. The van der Waals surface area contributed by atoms with Crippen LogP contribution in [0.25, 0.3) is 0 Å². The van der Waals surface area contributed by atoms with Crippen molar-refractivity contribution in [3.63, 3.8) is 0 Å². The summed E-state index contributed by atoms with van der Waals surface area (Å²) >= 11 is 0. The van der Waals surface area contributed by atoms with Crippen molar-refractivity contribution in [2.24, 2.45) is 5.73 Å². The van der Waals surface area contributed by atoms with Crippen LogP contribution < -0.4 is 5.73 Å². The quantitative estimate of drug-likeness (QED) is 0.809. The first-order valence-corrected chi connectivity index (χ1v) is 4.76. The highest BCUT2D eigenvalue weighted by molar-refractivity contribution is 5.92. The SMILES string of the molecule is NC(=O)c1nnccc1Cc1ccncc1. The van der Waals surface area contributed by atoms with Gasteiger partial charge in [-0.2, -0.15) is 5.10 Å². The van der Waals surface area contributed by atoms with Gasteiger partial charge in [0.15, 0.2) is 5.69 Å². The summed E-state index contributed by atoms with van der Waals surface area (Å²) in [6, 6.07) is 5.50. The Morgan fingerprint density at radius 3 is 2.62 bits per heavy atom. The van der Waals surface area contributed by atoms with Crippen LogP contribution >= 0.6 is 0 Å². The van der Waals surface area contributed by atoms with E-state index in [1.165, 1.54) is 0 Å². The lowest BCUT2D eigenvalue weighted by atomic mass is 10.1. The summed E-state index contributed by atoms with van der Waals surface area (Å²) < 4.78 is 0. The molecular weight excluding hydrogens is 204 g/mol. The highest BCUT2D eigenvalue weighted by atomic mass is 16.1. The van der Waals surface area contributed by atoms with Crippen LogP contribution in [0.2, 0.25) is 0 Å². The highest BCUT2D eigenvalue weighted by Crippen LogP contribution is 2.10. The van der Waals surface area contributed by atoms with Crippen molar-refractivity contribution >= 4 is 5.91 Å². The van der Waals surface area contributed by atoms with Gasteiger partial charge in [-0.15, -0.1) is 5.10 Å². The van der Waals surface area contributed by atoms with E-state index in [4.69, 9.17) is 5.73 Å². The number of carbonyl (C=O) groups excluding carboxylic acids is 1. The number of primary amides is 1. The molecule has 0 aliphatic rings. The van der Waals surface area contributed by atoms with Crippen molar-refractivity contribution in [3.8, 4) is 0 Å². The van der Waals surface area contributed by atoms with Gasteiger partial charge in [0, 0.05) is 25.0 Å². The Hall–Kier alpha value is -2.30. The second kappa shape index (κ2) is 4.48. The number of hydrogen-bond donors (Lipinski definition) is 1. The van der Waals surface area contributed by atoms with Crippen LogP contribution in [0.4, 0.5) is 0 Å². The third-order valence-electron chi connectivity index (χ3n) is 2.18. The Morgan fingerprint density at radius 1 is 1.19 bits per heavy atom. The van der Waals surface area contributed by atoms with Gasteiger partial charge < -0.3 is 5.73 Å². The average Bonchev–Trinajstić information content (AvgIpc) is 2.31. The Labute approximate surface area is 92.3 Å². The van der Waals surface area contributed by atoms with E-state index in [-0.39, 0.29) is 5.69 Å². The fourth-order valence-electron chi connectivity index (χ4n) is 1.43. The molecule has 0 saturated carbocycles. The van der Waals surface area contributed by atoms with Gasteiger partial charge in [-0.05, 0) is 29.3 Å². The molecule has 1 amide bonds. The van der Waals surface area contributed by atoms with Gasteiger partial charge >= 0.3 is 0 Å². The molecule has 16 heavy (non-hydrogen) atoms. The lowest BCUT2D eigenvalue weighted by molar-refractivity contribution is 0.0993. The lowest BCUT2D eigenvalue weighted by Crippen LogP contribution is -2.16. The number of rotatable bonds is 3. The molecule has 2 rings (SSSR count). The average molecular weight is 214 g/mol. The van der Waals surface area contributed by atoms with Crippen molar-refractivity contribution in [2.75, 3.05) is 0 Å². The smallest absolute Gasteiger partial charge is 0.269 e. The first-order valence-electron chi connectivity index (χ1n) is 4.76. The van der Waals surface area contributed by atoms with E-state index in [0.29, 0.717) is 6.42 Å². The molecule has 0 atom stereocenters. The monoisotopic (exact) mass is 214 g/mol. The second-order valence-corrected chi connectivity index (χ2v) is 3.30. The minimum atomic E-state index is -0.558. The molecule has 0 aliphatic heterocycles. The van der Waals surface area contributed by atoms with Gasteiger partial charge in [-0.1, -0.05) is 0 Å². The first kappa shape index (κ1) is 10.2. The Bertz CT molecular complexity index is 498. The van der Waals surface area contributed by atoms with Crippen LogP contribution in [0.1, 0.15) is 21.6 Å². The van der Waals surface area contributed by atoms with E-state index in [0.717, 1.165) is 11.1 Å². The molecular formula is C11H10N4O. The van der Waals surface area contributed by atoms with Crippen LogP contribution in [-0.2, 0) is 6.42 Å². The van der Waals surface area contributed by atoms with E-state index in [1.54, 1.807) is 24.7 Å². The number of nitrogens with two attached hydrogens (primary N) is 1. The summed E-state index contributed by atoms with van der Waals surface area (Å²) in [5.74, 6) is -0.558. The van der Waals surface area contributed by atoms with Crippen LogP contribution in [0.5, 0.6) is 0 Å². The topological polar surface area (TPSA) is 81.8 Å². The van der Waals surface area contributed by atoms with Gasteiger partial charge in [0.2, 0.25) is 0 Å². The zero-order valence-electron chi connectivity index (χ0n) is 8.50. The zero-order valence-corrected chi connectivity index (χ0v) is 8.50. The molecule has 2 N–H and O–H groups in total. The number of aromatic nitrogens is 3. The van der Waals surface area contributed by atoms with Gasteiger partial charge in [-0.3, -0.25) is 9.78 Å². The summed E-state index contributed by atoms with van der Waals surface area (Å²) in [4.78, 5) is 15.0. The van der Waals surface area contributed by atoms with Gasteiger partial charge in [0.25, 0.3) is 5.91 Å². The standard InChI is InChI=1S/C11H10N4O/c12-11(16)10-9(3-6-14-15-10)7-8-1-4-13-5-2-8/h1-6H,7H2,(H2,12,16). The fraction of sp³-hybridized carbons (Fsp3) is 0.0909. The molecule has 2 aromatic heterocycles. The number of nitrogens with zero attached hydrogens (tertiary/aromatic N) is 3. The van der Waals surface area contributed by atoms with Crippen molar-refractivity contribution < 1.29 is 4.79 Å². The molecule has 0 radical (unpaired) electrons. The third kappa shape index (κ3) is 2.20. The first-order chi connectivity index (χ1) is 7.77. The van der Waals surface area contributed by atoms with E-state index < -0.39 is 5.91 Å². The van der Waals surface area contributed by atoms with Gasteiger partial charge in [0.1, 0.15) is 0 Å². The maximum atomic E-state index is 11.1. The Balaban J connectivity index is 2.31. The molecule has 0 aliphatic carbocycles. The zero-order chi connectivity index (χ0) is 11.4. The van der Waals surface area contributed by atoms with Gasteiger partial charge in [0.05, 0.1) is 0 Å². The lowest BCUT2D eigenvalue weighted by Gasteiger charge is -2.04. The van der Waals surface area contributed by atoms with Gasteiger partial charge in [-0.25, -0.2) is 0 Å². The maximum Gasteiger partial charge on any atom is 0.269 e. The summed E-state index contributed by atoms with van der Waals surface area (Å²) in [6.45, 7) is 0. The fourth-order valence-corrected chi connectivity index (χ4v) is 1.43. The molecule has 5 heteroatoms. The molecule has 0 unspecified atom stereocenters. The molecule has 0 bridgehead atoms. The molecule has 2 heterocycles. The predicted octanol–water partition coefficient (Wildman–Crippen LogP) is 0.561. The van der Waals surface area contributed by atoms with E-state index in [2.05, 4.69) is 15.2 Å². The normalized spacial score (nSPS) is 10.0. The van der Waals surface area contributed by atoms with Crippen molar-refractivity contribution in [1.29, 1.82) is 0 Å². The summed E-state index contributed by atoms with van der Waals surface area (Å²) in [6.07, 6.45) is 5.54. The molecule has 2 aromatic rings. The summed E-state index contributed by atoms with van der Waals surface area (Å²) in [5.41, 5.74) is 7.25.